The van der Waals surface area contributed by atoms with Gasteiger partial charge in [0.05, 0.1) is 5.69 Å². The van der Waals surface area contributed by atoms with Gasteiger partial charge in [0.2, 0.25) is 0 Å². The van der Waals surface area contributed by atoms with E-state index in [1.54, 1.807) is 11.1 Å². The van der Waals surface area contributed by atoms with Crippen molar-refractivity contribution in [3.8, 4) is 33.5 Å². The Morgan fingerprint density at radius 1 is 0.478 bits per heavy atom. The van der Waals surface area contributed by atoms with Gasteiger partial charge < -0.3 is 0 Å². The molecule has 0 aliphatic heterocycles. The third-order valence-corrected chi connectivity index (χ3v) is 12.7. The third-order valence-electron chi connectivity index (χ3n) is 12.7. The minimum absolute atomic E-state index is 0.160. The SMILES string of the molecule is c1ccc2c(c1)-c1ccc(-c3c4ccccc4c(-c4nccc5ccccc45)c4ccccc34)cc1C21C2CC3CC(C2)CC1C3. The van der Waals surface area contributed by atoms with Crippen molar-refractivity contribution >= 4 is 32.3 Å². The zero-order valence-electron chi connectivity index (χ0n) is 25.9. The summed E-state index contributed by atoms with van der Waals surface area (Å²) in [5, 5.41) is 7.58. The van der Waals surface area contributed by atoms with Crippen molar-refractivity contribution in [3.05, 3.63) is 139 Å². The molecule has 0 atom stereocenters. The van der Waals surface area contributed by atoms with Crippen molar-refractivity contribution < 1.29 is 0 Å². The lowest BCUT2D eigenvalue weighted by atomic mass is 9.43. The van der Waals surface area contributed by atoms with E-state index in [-0.39, 0.29) is 5.41 Å². The van der Waals surface area contributed by atoms with E-state index in [2.05, 4.69) is 121 Å². The summed E-state index contributed by atoms with van der Waals surface area (Å²) < 4.78 is 0. The van der Waals surface area contributed by atoms with Gasteiger partial charge in [-0.2, -0.15) is 0 Å². The highest BCUT2D eigenvalue weighted by Gasteiger charge is 2.61. The van der Waals surface area contributed by atoms with Gasteiger partial charge in [0.1, 0.15) is 0 Å². The van der Waals surface area contributed by atoms with E-state index in [0.717, 1.165) is 29.4 Å². The number of hydrogen-bond acceptors (Lipinski definition) is 1. The van der Waals surface area contributed by atoms with E-state index >= 15 is 0 Å². The molecule has 1 spiro atoms. The molecule has 4 bridgehead atoms. The van der Waals surface area contributed by atoms with Crippen molar-refractivity contribution in [2.45, 2.75) is 37.5 Å². The smallest absolute Gasteiger partial charge is 0.0792 e. The summed E-state index contributed by atoms with van der Waals surface area (Å²) >= 11 is 0. The van der Waals surface area contributed by atoms with Gasteiger partial charge in [-0.1, -0.05) is 109 Å². The van der Waals surface area contributed by atoms with Crippen LogP contribution in [0.1, 0.15) is 43.2 Å². The lowest BCUT2D eigenvalue weighted by Crippen LogP contribution is -2.55. The molecule has 1 nitrogen and oxygen atoms in total. The predicted molar refractivity (Wildman–Crippen MR) is 191 cm³/mol. The van der Waals surface area contributed by atoms with Gasteiger partial charge in [0.15, 0.2) is 0 Å². The zero-order valence-corrected chi connectivity index (χ0v) is 25.9. The number of fused-ring (bicyclic) bond motifs is 6. The van der Waals surface area contributed by atoms with Crippen LogP contribution in [0.5, 0.6) is 0 Å². The van der Waals surface area contributed by atoms with Gasteiger partial charge in [-0.05, 0) is 128 Å². The second kappa shape index (κ2) is 9.17. The number of rotatable bonds is 2. The number of hydrogen-bond donors (Lipinski definition) is 0. The molecule has 0 saturated heterocycles. The Hall–Kier alpha value is -4.75. The molecule has 7 aromatic rings. The lowest BCUT2D eigenvalue weighted by molar-refractivity contribution is -0.0399. The van der Waals surface area contributed by atoms with Crippen LogP contribution in [0.25, 0.3) is 65.8 Å². The summed E-state index contributed by atoms with van der Waals surface area (Å²) in [5.74, 6) is 3.40. The van der Waals surface area contributed by atoms with E-state index in [1.807, 2.05) is 6.20 Å². The standard InChI is InChI=1S/C45H35N/c1-2-10-33-29(9-1)19-20-46-44(33)43-38-14-5-3-12-36(38)42(37-13-4-6-15-39(37)43)30-17-18-35-34-11-7-8-16-40(34)45(41(35)26-30)31-22-27-21-28(24-31)25-32(45)23-27/h1-20,26-28,31-32H,21-25H2. The second-order valence-corrected chi connectivity index (χ2v) is 14.7. The number of aromatic nitrogens is 1. The molecule has 1 heteroatoms. The average Bonchev–Trinajstić information content (AvgIpc) is 3.39. The van der Waals surface area contributed by atoms with Crippen molar-refractivity contribution in [1.29, 1.82) is 0 Å². The Morgan fingerprint density at radius 3 is 1.74 bits per heavy atom. The third kappa shape index (κ3) is 3.19. The summed E-state index contributed by atoms with van der Waals surface area (Å²) in [4.78, 5) is 5.05. The fourth-order valence-electron chi connectivity index (χ4n) is 11.3. The molecule has 1 aromatic heterocycles. The van der Waals surface area contributed by atoms with E-state index in [4.69, 9.17) is 4.98 Å². The summed E-state index contributed by atoms with van der Waals surface area (Å²) in [6, 6.07) is 45.9. The number of pyridine rings is 1. The van der Waals surface area contributed by atoms with Crippen molar-refractivity contribution in [2.24, 2.45) is 23.7 Å². The first kappa shape index (κ1) is 25.4. The van der Waals surface area contributed by atoms with Gasteiger partial charge in [-0.3, -0.25) is 4.98 Å². The van der Waals surface area contributed by atoms with Crippen LogP contribution < -0.4 is 0 Å². The maximum Gasteiger partial charge on any atom is 0.0792 e. The molecule has 0 amide bonds. The lowest BCUT2D eigenvalue weighted by Gasteiger charge is -2.61. The Kier molecular flexibility index (Phi) is 5.07. The first-order chi connectivity index (χ1) is 22.8. The van der Waals surface area contributed by atoms with E-state index < -0.39 is 0 Å². The van der Waals surface area contributed by atoms with E-state index in [9.17, 15) is 0 Å². The van der Waals surface area contributed by atoms with Crippen LogP contribution in [0.15, 0.2) is 128 Å². The normalized spacial score (nSPS) is 25.5. The Balaban J connectivity index is 1.21. The van der Waals surface area contributed by atoms with Crippen LogP contribution >= 0.6 is 0 Å². The van der Waals surface area contributed by atoms with E-state index in [1.165, 1.54) is 92.2 Å². The molecule has 5 aliphatic carbocycles. The Morgan fingerprint density at radius 2 is 1.04 bits per heavy atom. The molecule has 12 rings (SSSR count). The summed E-state index contributed by atoms with van der Waals surface area (Å²) in [5.41, 5.74) is 11.4. The van der Waals surface area contributed by atoms with Crippen LogP contribution in [0, 0.1) is 23.7 Å². The Labute approximate surface area is 269 Å². The van der Waals surface area contributed by atoms with Gasteiger partial charge in [0.25, 0.3) is 0 Å². The van der Waals surface area contributed by atoms with Crippen LogP contribution in [-0.2, 0) is 5.41 Å². The molecule has 0 unspecified atom stereocenters. The zero-order chi connectivity index (χ0) is 30.0. The van der Waals surface area contributed by atoms with Crippen molar-refractivity contribution in [3.63, 3.8) is 0 Å². The van der Waals surface area contributed by atoms with Crippen molar-refractivity contribution in [2.75, 3.05) is 0 Å². The first-order valence-electron chi connectivity index (χ1n) is 17.3. The van der Waals surface area contributed by atoms with Crippen LogP contribution in [-0.4, -0.2) is 4.98 Å². The highest BCUT2D eigenvalue weighted by molar-refractivity contribution is 6.23. The highest BCUT2D eigenvalue weighted by atomic mass is 14.7. The van der Waals surface area contributed by atoms with Gasteiger partial charge in [0, 0.05) is 22.6 Å². The minimum Gasteiger partial charge on any atom is -0.256 e. The molecule has 4 fully saturated rings. The molecule has 0 N–H and O–H groups in total. The highest BCUT2D eigenvalue weighted by Crippen LogP contribution is 2.69. The maximum absolute atomic E-state index is 5.05. The molecule has 1 heterocycles. The molecule has 4 saturated carbocycles. The molecule has 0 radical (unpaired) electrons. The largest absolute Gasteiger partial charge is 0.256 e. The molecular formula is C45H35N. The van der Waals surface area contributed by atoms with Crippen LogP contribution in [0.4, 0.5) is 0 Å². The number of nitrogens with zero attached hydrogens (tertiary/aromatic N) is 1. The van der Waals surface area contributed by atoms with Crippen LogP contribution in [0.3, 0.4) is 0 Å². The molecule has 5 aliphatic rings. The average molecular weight is 590 g/mol. The minimum atomic E-state index is 0.160. The topological polar surface area (TPSA) is 12.9 Å². The predicted octanol–water partition coefficient (Wildman–Crippen LogP) is 11.6. The monoisotopic (exact) mass is 589 g/mol. The molecule has 46 heavy (non-hydrogen) atoms. The first-order valence-corrected chi connectivity index (χ1v) is 17.3. The number of benzene rings is 6. The Bertz CT molecular complexity index is 2310. The molecule has 6 aromatic carbocycles. The molecular weight excluding hydrogens is 555 g/mol. The quantitative estimate of drug-likeness (QED) is 0.183. The van der Waals surface area contributed by atoms with Gasteiger partial charge >= 0.3 is 0 Å². The van der Waals surface area contributed by atoms with Crippen LogP contribution in [0.2, 0.25) is 0 Å². The van der Waals surface area contributed by atoms with Gasteiger partial charge in [-0.25, -0.2) is 0 Å². The molecule has 220 valence electrons. The maximum atomic E-state index is 5.05. The fourth-order valence-corrected chi connectivity index (χ4v) is 11.3. The van der Waals surface area contributed by atoms with Crippen molar-refractivity contribution in [1.82, 2.24) is 4.98 Å². The summed E-state index contributed by atoms with van der Waals surface area (Å²) in [6.07, 6.45) is 9.08. The summed E-state index contributed by atoms with van der Waals surface area (Å²) in [6.45, 7) is 0. The fraction of sp³-hybridized carbons (Fsp3) is 0.222. The summed E-state index contributed by atoms with van der Waals surface area (Å²) in [7, 11) is 0. The second-order valence-electron chi connectivity index (χ2n) is 14.7. The van der Waals surface area contributed by atoms with Gasteiger partial charge in [-0.15, -0.1) is 0 Å². The van der Waals surface area contributed by atoms with E-state index in [0.29, 0.717) is 0 Å².